The minimum atomic E-state index is -1.78. The largest absolute Gasteiger partial charge is 0.462 e. The third kappa shape index (κ3) is 25.9. The van der Waals surface area contributed by atoms with Crippen LogP contribution in [0.5, 0.6) is 0 Å². The molecular formula is C51H84O15. The summed E-state index contributed by atoms with van der Waals surface area (Å²) in [7, 11) is 0. The highest BCUT2D eigenvalue weighted by Crippen LogP contribution is 2.26. The van der Waals surface area contributed by atoms with Crippen molar-refractivity contribution in [1.82, 2.24) is 0 Å². The molecule has 0 aromatic rings. The third-order valence-electron chi connectivity index (χ3n) is 11.2. The van der Waals surface area contributed by atoms with Crippen molar-refractivity contribution < 1.29 is 73.8 Å². The second-order valence-electron chi connectivity index (χ2n) is 16.9. The lowest BCUT2D eigenvalue weighted by atomic mass is 9.98. The van der Waals surface area contributed by atoms with Crippen LogP contribution in [-0.2, 0) is 38.0 Å². The Bertz CT molecular complexity index is 1430. The van der Waals surface area contributed by atoms with Crippen molar-refractivity contribution in [2.75, 3.05) is 26.4 Å². The number of carbonyl (C=O) groups excluding carboxylic acids is 2. The predicted molar refractivity (Wildman–Crippen MR) is 252 cm³/mol. The van der Waals surface area contributed by atoms with E-state index in [0.717, 1.165) is 83.5 Å². The molecule has 2 aliphatic rings. The molecule has 0 aromatic carbocycles. The van der Waals surface area contributed by atoms with E-state index in [2.05, 4.69) is 86.8 Å². The highest BCUT2D eigenvalue weighted by atomic mass is 16.7. The number of hydrogen-bond acceptors (Lipinski definition) is 15. The summed E-state index contributed by atoms with van der Waals surface area (Å²) in [5.41, 5.74) is 0. The molecule has 2 aliphatic heterocycles. The first-order chi connectivity index (χ1) is 32.0. The Kier molecular flexibility index (Phi) is 33.9. The maximum absolute atomic E-state index is 13.0. The normalized spacial score (nSPS) is 26.8. The highest BCUT2D eigenvalue weighted by molar-refractivity contribution is 5.70. The molecule has 2 fully saturated rings. The molecule has 378 valence electrons. The number of hydrogen-bond donors (Lipinski definition) is 7. The lowest BCUT2D eigenvalue weighted by Gasteiger charge is -2.42. The van der Waals surface area contributed by atoms with Gasteiger partial charge in [-0.2, -0.15) is 0 Å². The van der Waals surface area contributed by atoms with E-state index in [1.807, 2.05) is 0 Å². The van der Waals surface area contributed by atoms with Gasteiger partial charge in [0.15, 0.2) is 18.7 Å². The van der Waals surface area contributed by atoms with E-state index in [1.54, 1.807) is 0 Å². The zero-order chi connectivity index (χ0) is 48.2. The molecule has 0 radical (unpaired) electrons. The van der Waals surface area contributed by atoms with Gasteiger partial charge in [0.1, 0.15) is 55.4 Å². The van der Waals surface area contributed by atoms with Crippen LogP contribution in [0.1, 0.15) is 142 Å². The van der Waals surface area contributed by atoms with Crippen molar-refractivity contribution in [3.8, 4) is 0 Å². The van der Waals surface area contributed by atoms with Gasteiger partial charge in [0, 0.05) is 12.8 Å². The Labute approximate surface area is 393 Å². The predicted octanol–water partition coefficient (Wildman–Crippen LogP) is 6.26. The van der Waals surface area contributed by atoms with Gasteiger partial charge in [0.05, 0.1) is 19.8 Å². The van der Waals surface area contributed by atoms with Gasteiger partial charge in [-0.05, 0) is 83.5 Å². The molecule has 0 aliphatic carbocycles. The molecule has 0 aromatic heterocycles. The summed E-state index contributed by atoms with van der Waals surface area (Å²) in [4.78, 5) is 25.7. The molecular weight excluding hydrogens is 853 g/mol. The first-order valence-corrected chi connectivity index (χ1v) is 24.5. The molecule has 2 rings (SSSR count). The molecule has 0 spiro atoms. The Morgan fingerprint density at radius 1 is 0.500 bits per heavy atom. The van der Waals surface area contributed by atoms with E-state index in [-0.39, 0.29) is 19.4 Å². The second kappa shape index (κ2) is 37.9. The second-order valence-corrected chi connectivity index (χ2v) is 16.9. The molecule has 7 N–H and O–H groups in total. The van der Waals surface area contributed by atoms with Crippen LogP contribution in [0, 0.1) is 0 Å². The number of aliphatic hydroxyl groups is 7. The van der Waals surface area contributed by atoms with Gasteiger partial charge in [0.25, 0.3) is 0 Å². The van der Waals surface area contributed by atoms with Crippen molar-refractivity contribution in [3.63, 3.8) is 0 Å². The summed E-state index contributed by atoms with van der Waals surface area (Å²) < 4.78 is 33.5. The first kappa shape index (κ1) is 59.1. The summed E-state index contributed by atoms with van der Waals surface area (Å²) in [5, 5.41) is 72.0. The average Bonchev–Trinajstić information content (AvgIpc) is 3.31. The van der Waals surface area contributed by atoms with Crippen LogP contribution in [-0.4, -0.2) is 142 Å². The Morgan fingerprint density at radius 2 is 0.955 bits per heavy atom. The zero-order valence-corrected chi connectivity index (χ0v) is 39.6. The summed E-state index contributed by atoms with van der Waals surface area (Å²) >= 11 is 0. The van der Waals surface area contributed by atoms with Crippen LogP contribution < -0.4 is 0 Å². The SMILES string of the molecule is CC/C=C\C/C=C\C/C=C\C/C=C\CCCCC(=O)OC(COC(=O)CCCCCCC/C=C\C/C=C\CCCCC)COC1OC(COC2OC(CO)C(O)C(O)C2O)C(O)C(O)C1O. The molecule has 11 unspecified atom stereocenters. The quantitative estimate of drug-likeness (QED) is 0.0209. The van der Waals surface area contributed by atoms with Gasteiger partial charge in [0.2, 0.25) is 0 Å². The van der Waals surface area contributed by atoms with Gasteiger partial charge in [-0.3, -0.25) is 9.59 Å². The first-order valence-electron chi connectivity index (χ1n) is 24.5. The smallest absolute Gasteiger partial charge is 0.306 e. The van der Waals surface area contributed by atoms with Crippen molar-refractivity contribution >= 4 is 11.9 Å². The molecule has 0 amide bonds. The minimum absolute atomic E-state index is 0.106. The van der Waals surface area contributed by atoms with Crippen LogP contribution in [0.15, 0.2) is 72.9 Å². The number of ether oxygens (including phenoxy) is 6. The molecule has 2 heterocycles. The Hall–Kier alpha value is -3.06. The molecule has 0 bridgehead atoms. The van der Waals surface area contributed by atoms with Crippen LogP contribution in [0.25, 0.3) is 0 Å². The van der Waals surface area contributed by atoms with E-state index in [9.17, 15) is 45.3 Å². The fourth-order valence-electron chi connectivity index (χ4n) is 7.12. The molecule has 2 saturated heterocycles. The van der Waals surface area contributed by atoms with Crippen molar-refractivity contribution in [1.29, 1.82) is 0 Å². The van der Waals surface area contributed by atoms with Gasteiger partial charge < -0.3 is 64.2 Å². The van der Waals surface area contributed by atoms with Gasteiger partial charge in [-0.25, -0.2) is 0 Å². The van der Waals surface area contributed by atoms with Crippen LogP contribution in [0.3, 0.4) is 0 Å². The summed E-state index contributed by atoms with van der Waals surface area (Å²) in [6, 6.07) is 0. The summed E-state index contributed by atoms with van der Waals surface area (Å²) in [5.74, 6) is -0.998. The Balaban J connectivity index is 1.86. The van der Waals surface area contributed by atoms with Crippen LogP contribution >= 0.6 is 0 Å². The average molecular weight is 937 g/mol. The van der Waals surface area contributed by atoms with Crippen LogP contribution in [0.4, 0.5) is 0 Å². The van der Waals surface area contributed by atoms with Gasteiger partial charge in [-0.1, -0.05) is 119 Å². The zero-order valence-electron chi connectivity index (χ0n) is 39.6. The highest BCUT2D eigenvalue weighted by Gasteiger charge is 2.47. The number of allylic oxidation sites excluding steroid dienone is 12. The number of carbonyl (C=O) groups is 2. The van der Waals surface area contributed by atoms with Gasteiger partial charge in [-0.15, -0.1) is 0 Å². The summed E-state index contributed by atoms with van der Waals surface area (Å²) in [6.45, 7) is 2.36. The standard InChI is InChI=1S/C51H84O15/c1-3-5-7-9-11-13-15-17-19-21-23-25-27-29-31-33-42(53)61-36-39(64-43(54)34-32-30-28-26-24-22-20-18-16-14-12-10-8-6-4-2)37-62-50-49(60)47(58)45(56)41(66-50)38-63-51-48(59)46(57)44(55)40(35-52)65-51/h6,8,11-14,17-20,24,26,39-41,44-52,55-60H,3-5,7,9-10,15-16,21-23,25,27-38H2,1-2H3/b8-6-,13-11-,14-12-,19-17-,20-18-,26-24-. The van der Waals surface area contributed by atoms with Crippen molar-refractivity contribution in [3.05, 3.63) is 72.9 Å². The fourth-order valence-corrected chi connectivity index (χ4v) is 7.12. The van der Waals surface area contributed by atoms with Crippen molar-refractivity contribution in [2.24, 2.45) is 0 Å². The topological polar surface area (TPSA) is 231 Å². The van der Waals surface area contributed by atoms with Crippen LogP contribution in [0.2, 0.25) is 0 Å². The lowest BCUT2D eigenvalue weighted by Crippen LogP contribution is -2.61. The Morgan fingerprint density at radius 3 is 1.53 bits per heavy atom. The molecule has 66 heavy (non-hydrogen) atoms. The number of aliphatic hydroxyl groups excluding tert-OH is 7. The lowest BCUT2D eigenvalue weighted by molar-refractivity contribution is -0.332. The van der Waals surface area contributed by atoms with E-state index in [4.69, 9.17) is 28.4 Å². The summed E-state index contributed by atoms with van der Waals surface area (Å²) in [6.07, 6.45) is 26.5. The van der Waals surface area contributed by atoms with E-state index >= 15 is 0 Å². The van der Waals surface area contributed by atoms with Crippen molar-refractivity contribution in [2.45, 2.75) is 210 Å². The molecule has 15 nitrogen and oxygen atoms in total. The molecule has 11 atom stereocenters. The maximum Gasteiger partial charge on any atom is 0.306 e. The fraction of sp³-hybridized carbons (Fsp3) is 0.725. The number of rotatable bonds is 36. The van der Waals surface area contributed by atoms with E-state index in [0.29, 0.717) is 12.8 Å². The van der Waals surface area contributed by atoms with Gasteiger partial charge >= 0.3 is 11.9 Å². The maximum atomic E-state index is 13.0. The number of esters is 2. The monoisotopic (exact) mass is 937 g/mol. The molecule has 15 heteroatoms. The molecule has 0 saturated carbocycles. The van der Waals surface area contributed by atoms with E-state index < -0.39 is 99.3 Å². The minimum Gasteiger partial charge on any atom is -0.462 e. The van der Waals surface area contributed by atoms with E-state index in [1.165, 1.54) is 19.3 Å². The third-order valence-corrected chi connectivity index (χ3v) is 11.2. The number of unbranched alkanes of at least 4 members (excludes halogenated alkanes) is 10.